The van der Waals surface area contributed by atoms with E-state index in [0.29, 0.717) is 6.54 Å². The second kappa shape index (κ2) is 6.50. The molecule has 0 aliphatic heterocycles. The largest absolute Gasteiger partial charge is 0.344 e. The van der Waals surface area contributed by atoms with Crippen molar-refractivity contribution in [3.63, 3.8) is 0 Å². The first-order valence-corrected chi connectivity index (χ1v) is 7.14. The number of carbonyl (C=O) groups is 1. The number of rotatable bonds is 5. The van der Waals surface area contributed by atoms with Gasteiger partial charge in [0.05, 0.1) is 0 Å². The highest BCUT2D eigenvalue weighted by Crippen LogP contribution is 2.14. The van der Waals surface area contributed by atoms with Gasteiger partial charge >= 0.3 is 0 Å². The van der Waals surface area contributed by atoms with Crippen molar-refractivity contribution < 1.29 is 4.79 Å². The average molecular weight is 274 g/mol. The molecule has 3 nitrogen and oxygen atoms in total. The van der Waals surface area contributed by atoms with Crippen molar-refractivity contribution in [1.29, 1.82) is 0 Å². The van der Waals surface area contributed by atoms with Gasteiger partial charge in [0, 0.05) is 18.5 Å². The van der Waals surface area contributed by atoms with Crippen LogP contribution in [0.3, 0.4) is 0 Å². The van der Waals surface area contributed by atoms with Crippen molar-refractivity contribution in [2.75, 3.05) is 13.6 Å². The Morgan fingerprint density at radius 1 is 1.26 bits per heavy atom. The smallest absolute Gasteiger partial charge is 0.243 e. The molecule has 1 aromatic carbocycles. The van der Waals surface area contributed by atoms with E-state index in [0.717, 1.165) is 12.0 Å². The lowest BCUT2D eigenvalue weighted by atomic mass is 10.1. The van der Waals surface area contributed by atoms with Crippen LogP contribution in [0.4, 0.5) is 0 Å². The molecule has 2 N–H and O–H groups in total. The Morgan fingerprint density at radius 3 is 2.63 bits per heavy atom. The summed E-state index contributed by atoms with van der Waals surface area (Å²) < 4.78 is 0. The molecule has 0 fully saturated rings. The van der Waals surface area contributed by atoms with Crippen LogP contribution in [0.1, 0.15) is 16.5 Å². The highest BCUT2D eigenvalue weighted by atomic mass is 32.1. The van der Waals surface area contributed by atoms with Crippen molar-refractivity contribution in [2.24, 2.45) is 5.73 Å². The summed E-state index contributed by atoms with van der Waals surface area (Å²) in [7, 11) is 1.80. The summed E-state index contributed by atoms with van der Waals surface area (Å²) in [6.45, 7) is 0.694. The van der Waals surface area contributed by atoms with Crippen molar-refractivity contribution >= 4 is 17.2 Å². The molecule has 19 heavy (non-hydrogen) atoms. The number of likely N-dealkylation sites (N-methyl/N-ethyl adjacent to an activating group) is 1. The van der Waals surface area contributed by atoms with Gasteiger partial charge in [0.15, 0.2) is 0 Å². The summed E-state index contributed by atoms with van der Waals surface area (Å²) in [5.41, 5.74) is 6.86. The first-order valence-electron chi connectivity index (χ1n) is 6.26. The molecule has 1 amide bonds. The highest BCUT2D eigenvalue weighted by molar-refractivity contribution is 7.09. The van der Waals surface area contributed by atoms with Crippen molar-refractivity contribution in [3.8, 4) is 0 Å². The molecule has 1 unspecified atom stereocenters. The Labute approximate surface area is 117 Å². The molecule has 0 radical (unpaired) electrons. The van der Waals surface area contributed by atoms with Crippen LogP contribution in [-0.4, -0.2) is 24.4 Å². The molecule has 0 aliphatic carbocycles. The van der Waals surface area contributed by atoms with E-state index >= 15 is 0 Å². The minimum absolute atomic E-state index is 0.0391. The second-order valence-electron chi connectivity index (χ2n) is 4.48. The van der Waals surface area contributed by atoms with E-state index in [1.165, 1.54) is 4.88 Å². The Hall–Kier alpha value is -1.65. The zero-order valence-corrected chi connectivity index (χ0v) is 11.8. The fraction of sp³-hybridized carbons (Fsp3) is 0.267. The van der Waals surface area contributed by atoms with Crippen LogP contribution in [0.25, 0.3) is 0 Å². The van der Waals surface area contributed by atoms with E-state index in [1.54, 1.807) is 23.3 Å². The van der Waals surface area contributed by atoms with Crippen molar-refractivity contribution in [1.82, 2.24) is 4.90 Å². The van der Waals surface area contributed by atoms with Gasteiger partial charge in [-0.05, 0) is 23.4 Å². The topological polar surface area (TPSA) is 46.3 Å². The van der Waals surface area contributed by atoms with Crippen LogP contribution in [-0.2, 0) is 11.2 Å². The zero-order chi connectivity index (χ0) is 13.7. The first-order chi connectivity index (χ1) is 9.18. The predicted octanol–water partition coefficient (Wildman–Crippen LogP) is 2.45. The number of nitrogens with zero attached hydrogens (tertiary/aromatic N) is 1. The molecule has 1 aromatic heterocycles. The van der Waals surface area contributed by atoms with Crippen molar-refractivity contribution in [3.05, 3.63) is 58.3 Å². The summed E-state index contributed by atoms with van der Waals surface area (Å²) in [5, 5.41) is 2.05. The predicted molar refractivity (Wildman–Crippen MR) is 79.0 cm³/mol. The number of benzene rings is 1. The third kappa shape index (κ3) is 3.66. The van der Waals surface area contributed by atoms with Crippen LogP contribution in [0.2, 0.25) is 0 Å². The molecule has 2 rings (SSSR count). The Kier molecular flexibility index (Phi) is 4.71. The molecule has 2 aromatic rings. The lowest BCUT2D eigenvalue weighted by Gasteiger charge is -2.21. The maximum absolute atomic E-state index is 12.2. The third-order valence-corrected chi connectivity index (χ3v) is 4.01. The van der Waals surface area contributed by atoms with E-state index in [-0.39, 0.29) is 5.91 Å². The maximum atomic E-state index is 12.2. The van der Waals surface area contributed by atoms with Crippen LogP contribution >= 0.6 is 11.3 Å². The van der Waals surface area contributed by atoms with Crippen LogP contribution in [0, 0.1) is 0 Å². The molecule has 0 bridgehead atoms. The third-order valence-electron chi connectivity index (χ3n) is 3.07. The molecule has 1 atom stereocenters. The lowest BCUT2D eigenvalue weighted by molar-refractivity contribution is -0.131. The summed E-state index contributed by atoms with van der Waals surface area (Å²) >= 11 is 1.71. The van der Waals surface area contributed by atoms with Gasteiger partial charge in [-0.3, -0.25) is 4.79 Å². The van der Waals surface area contributed by atoms with Gasteiger partial charge in [-0.2, -0.15) is 0 Å². The highest BCUT2D eigenvalue weighted by Gasteiger charge is 2.19. The standard InChI is InChI=1S/C15H18N2OS/c1-17(10-9-13-8-5-11-19-13)15(18)14(16)12-6-3-2-4-7-12/h2-8,11,14H,9-10,16H2,1H3. The van der Waals surface area contributed by atoms with Crippen LogP contribution in [0.15, 0.2) is 47.8 Å². The lowest BCUT2D eigenvalue weighted by Crippen LogP contribution is -2.36. The van der Waals surface area contributed by atoms with E-state index in [2.05, 4.69) is 6.07 Å². The number of carbonyl (C=O) groups excluding carboxylic acids is 1. The summed E-state index contributed by atoms with van der Waals surface area (Å²) in [6, 6.07) is 13.0. The fourth-order valence-corrected chi connectivity index (χ4v) is 2.58. The summed E-state index contributed by atoms with van der Waals surface area (Å²) in [4.78, 5) is 15.2. The summed E-state index contributed by atoms with van der Waals surface area (Å²) in [5.74, 6) is -0.0391. The van der Waals surface area contributed by atoms with Gasteiger partial charge in [-0.15, -0.1) is 11.3 Å². The molecule has 0 saturated carbocycles. The molecular weight excluding hydrogens is 256 g/mol. The van der Waals surface area contributed by atoms with Gasteiger partial charge in [0.25, 0.3) is 0 Å². The SMILES string of the molecule is CN(CCc1cccs1)C(=O)C(N)c1ccccc1. The van der Waals surface area contributed by atoms with Gasteiger partial charge in [-0.25, -0.2) is 0 Å². The molecular formula is C15H18N2OS. The molecule has 100 valence electrons. The Morgan fingerprint density at radius 2 is 2.00 bits per heavy atom. The quantitative estimate of drug-likeness (QED) is 0.910. The molecule has 0 saturated heterocycles. The maximum Gasteiger partial charge on any atom is 0.243 e. The number of thiophene rings is 1. The Bertz CT molecular complexity index is 510. The number of hydrogen-bond acceptors (Lipinski definition) is 3. The number of nitrogens with two attached hydrogens (primary N) is 1. The van der Waals surface area contributed by atoms with Crippen molar-refractivity contribution in [2.45, 2.75) is 12.5 Å². The van der Waals surface area contributed by atoms with E-state index in [1.807, 2.05) is 41.8 Å². The van der Waals surface area contributed by atoms with E-state index in [4.69, 9.17) is 5.73 Å². The van der Waals surface area contributed by atoms with Crippen LogP contribution < -0.4 is 5.73 Å². The molecule has 1 heterocycles. The van der Waals surface area contributed by atoms with E-state index < -0.39 is 6.04 Å². The molecule has 0 aliphatic rings. The minimum atomic E-state index is -0.575. The normalized spacial score (nSPS) is 12.1. The monoisotopic (exact) mass is 274 g/mol. The van der Waals surface area contributed by atoms with Crippen LogP contribution in [0.5, 0.6) is 0 Å². The second-order valence-corrected chi connectivity index (χ2v) is 5.51. The Balaban J connectivity index is 1.91. The summed E-state index contributed by atoms with van der Waals surface area (Å²) in [6.07, 6.45) is 0.876. The molecule has 0 spiro atoms. The number of hydrogen-bond donors (Lipinski definition) is 1. The van der Waals surface area contributed by atoms with Gasteiger partial charge < -0.3 is 10.6 Å². The van der Waals surface area contributed by atoms with E-state index in [9.17, 15) is 4.79 Å². The zero-order valence-electron chi connectivity index (χ0n) is 11.0. The van der Waals surface area contributed by atoms with Gasteiger partial charge in [0.1, 0.15) is 6.04 Å². The fourth-order valence-electron chi connectivity index (χ4n) is 1.88. The minimum Gasteiger partial charge on any atom is -0.344 e. The van der Waals surface area contributed by atoms with Gasteiger partial charge in [0.2, 0.25) is 5.91 Å². The average Bonchev–Trinajstić information content (AvgIpc) is 2.97. The first kappa shape index (κ1) is 13.8. The number of amides is 1. The van der Waals surface area contributed by atoms with Gasteiger partial charge in [-0.1, -0.05) is 36.4 Å². The molecule has 4 heteroatoms.